The molecule has 1 atom stereocenters. The maximum Gasteiger partial charge on any atom is 0.342 e. The number of esters is 1. The van der Waals surface area contributed by atoms with E-state index in [1.807, 2.05) is 54.6 Å². The molecule has 1 spiro atoms. The number of methoxy groups -OCH3 is 1. The van der Waals surface area contributed by atoms with E-state index in [4.69, 9.17) is 15.2 Å². The van der Waals surface area contributed by atoms with Gasteiger partial charge in [-0.25, -0.2) is 4.79 Å². The topological polar surface area (TPSA) is 106 Å². The van der Waals surface area contributed by atoms with E-state index in [0.29, 0.717) is 27.5 Å². The van der Waals surface area contributed by atoms with Gasteiger partial charge in [0.2, 0.25) is 11.8 Å². The summed E-state index contributed by atoms with van der Waals surface area (Å²) in [5.74, 6) is -0.925. The van der Waals surface area contributed by atoms with E-state index in [2.05, 4.69) is 6.07 Å². The molecule has 0 bridgehead atoms. The van der Waals surface area contributed by atoms with Crippen LogP contribution in [0.1, 0.15) is 31.2 Å². The van der Waals surface area contributed by atoms with Gasteiger partial charge in [-0.05, 0) is 18.6 Å². The molecule has 2 aromatic carbocycles. The number of ether oxygens (including phenoxy) is 2. The number of carbonyl (C=O) groups excluding carboxylic acids is 2. The first kappa shape index (κ1) is 20.8. The van der Waals surface area contributed by atoms with E-state index in [9.17, 15) is 14.9 Å². The van der Waals surface area contributed by atoms with Crippen LogP contribution in [0.15, 0.2) is 66.1 Å². The highest BCUT2D eigenvalue weighted by molar-refractivity contribution is 7.13. The summed E-state index contributed by atoms with van der Waals surface area (Å²) in [6.07, 6.45) is 0. The van der Waals surface area contributed by atoms with Crippen molar-refractivity contribution in [1.82, 2.24) is 0 Å². The molecule has 8 heteroatoms. The molecule has 0 saturated carbocycles. The van der Waals surface area contributed by atoms with E-state index < -0.39 is 11.4 Å². The Morgan fingerprint density at radius 3 is 2.61 bits per heavy atom. The van der Waals surface area contributed by atoms with Crippen molar-refractivity contribution in [2.24, 2.45) is 5.73 Å². The molecule has 1 amide bonds. The normalized spacial score (nSPS) is 18.6. The lowest BCUT2D eigenvalue weighted by Gasteiger charge is -2.32. The van der Waals surface area contributed by atoms with Crippen molar-refractivity contribution >= 4 is 28.9 Å². The second-order valence-electron chi connectivity index (χ2n) is 7.78. The van der Waals surface area contributed by atoms with Crippen LogP contribution >= 0.6 is 11.3 Å². The first-order valence-corrected chi connectivity index (χ1v) is 11.0. The zero-order chi connectivity index (χ0) is 23.3. The average molecular weight is 458 g/mol. The predicted octanol–water partition coefficient (Wildman–Crippen LogP) is 3.76. The van der Waals surface area contributed by atoms with Gasteiger partial charge in [0.05, 0.1) is 18.5 Å². The zero-order valence-corrected chi connectivity index (χ0v) is 18.7. The second kappa shape index (κ2) is 7.50. The Bertz CT molecular complexity index is 1390. The molecule has 0 saturated heterocycles. The molecular formula is C25H19N3O4S. The molecule has 0 aliphatic carbocycles. The van der Waals surface area contributed by atoms with Gasteiger partial charge in [0.15, 0.2) is 11.2 Å². The number of aryl methyl sites for hydroxylation is 1. The second-order valence-corrected chi connectivity index (χ2v) is 9.00. The number of hydrogen-bond donors (Lipinski definition) is 1. The number of hydrogen-bond acceptors (Lipinski definition) is 7. The van der Waals surface area contributed by atoms with Crippen molar-refractivity contribution in [1.29, 1.82) is 5.26 Å². The number of carbonyl (C=O) groups is 2. The van der Waals surface area contributed by atoms with Gasteiger partial charge >= 0.3 is 5.97 Å². The number of thiophene rings is 1. The van der Waals surface area contributed by atoms with E-state index in [0.717, 1.165) is 5.56 Å². The number of fused-ring (bicyclic) bond motifs is 4. The minimum absolute atomic E-state index is 0.0145. The fourth-order valence-corrected chi connectivity index (χ4v) is 5.92. The minimum Gasteiger partial charge on any atom is -0.465 e. The Labute approximate surface area is 194 Å². The molecule has 164 valence electrons. The zero-order valence-electron chi connectivity index (χ0n) is 17.9. The lowest BCUT2D eigenvalue weighted by molar-refractivity contribution is -0.121. The maximum atomic E-state index is 14.3. The Balaban J connectivity index is 1.81. The van der Waals surface area contributed by atoms with E-state index >= 15 is 0 Å². The third-order valence-corrected chi connectivity index (χ3v) is 7.27. The molecule has 1 aromatic heterocycles. The van der Waals surface area contributed by atoms with Crippen molar-refractivity contribution in [2.75, 3.05) is 12.0 Å². The predicted molar refractivity (Wildman–Crippen MR) is 123 cm³/mol. The van der Waals surface area contributed by atoms with Gasteiger partial charge in [-0.1, -0.05) is 48.5 Å². The van der Waals surface area contributed by atoms with Crippen LogP contribution in [-0.2, 0) is 21.5 Å². The third-order valence-electron chi connectivity index (χ3n) is 6.06. The van der Waals surface area contributed by atoms with Crippen molar-refractivity contribution < 1.29 is 19.1 Å². The number of nitriles is 1. The Morgan fingerprint density at radius 1 is 1.21 bits per heavy atom. The largest absolute Gasteiger partial charge is 0.465 e. The van der Waals surface area contributed by atoms with Gasteiger partial charge < -0.3 is 20.1 Å². The van der Waals surface area contributed by atoms with Crippen LogP contribution in [0.3, 0.4) is 0 Å². The Morgan fingerprint density at radius 2 is 1.91 bits per heavy atom. The van der Waals surface area contributed by atoms with Gasteiger partial charge in [0.25, 0.3) is 0 Å². The van der Waals surface area contributed by atoms with Crippen molar-refractivity contribution in [3.63, 3.8) is 0 Å². The van der Waals surface area contributed by atoms with Crippen LogP contribution in [0.25, 0.3) is 0 Å². The number of anilines is 1. The quantitative estimate of drug-likeness (QED) is 0.601. The van der Waals surface area contributed by atoms with Gasteiger partial charge in [0, 0.05) is 16.1 Å². The van der Waals surface area contributed by atoms with E-state index in [1.54, 1.807) is 11.8 Å². The van der Waals surface area contributed by atoms with Gasteiger partial charge in [-0.15, -0.1) is 11.3 Å². The van der Waals surface area contributed by atoms with Crippen LogP contribution in [0.4, 0.5) is 5.69 Å². The molecule has 0 radical (unpaired) electrons. The highest BCUT2D eigenvalue weighted by atomic mass is 32.1. The molecule has 3 heterocycles. The molecule has 2 aliphatic heterocycles. The summed E-state index contributed by atoms with van der Waals surface area (Å²) in [6.45, 7) is 2.07. The molecule has 7 nitrogen and oxygen atoms in total. The lowest BCUT2D eigenvalue weighted by Crippen LogP contribution is -2.45. The van der Waals surface area contributed by atoms with Crippen LogP contribution in [0, 0.1) is 18.3 Å². The summed E-state index contributed by atoms with van der Waals surface area (Å²) in [5.41, 5.74) is 7.20. The maximum absolute atomic E-state index is 14.3. The lowest BCUT2D eigenvalue weighted by atomic mass is 9.72. The van der Waals surface area contributed by atoms with Crippen LogP contribution in [-0.4, -0.2) is 19.0 Å². The minimum atomic E-state index is -1.50. The monoisotopic (exact) mass is 457 g/mol. The number of rotatable bonds is 3. The van der Waals surface area contributed by atoms with Crippen LogP contribution in [0.2, 0.25) is 0 Å². The van der Waals surface area contributed by atoms with Crippen LogP contribution in [0.5, 0.6) is 5.75 Å². The molecule has 5 rings (SSSR count). The third kappa shape index (κ3) is 2.73. The summed E-state index contributed by atoms with van der Waals surface area (Å²) in [7, 11) is 1.28. The standard InChI is InChI=1S/C25H19N3O4S/c1-14-19(23(29)31-2)20-21(33-14)25(17(12-26)22(27)32-20)16-10-6-7-11-18(16)28(24(25)30)13-15-8-4-3-5-9-15/h3-11H,13,27H2,1-2H3/t25-/m1/s1. The first-order chi connectivity index (χ1) is 15.9. The molecular weight excluding hydrogens is 438 g/mol. The molecule has 2 aliphatic rings. The van der Waals surface area contributed by atoms with Gasteiger partial charge in [-0.3, -0.25) is 4.79 Å². The molecule has 0 fully saturated rings. The summed E-state index contributed by atoms with van der Waals surface area (Å²) >= 11 is 1.24. The molecule has 2 N–H and O–H groups in total. The smallest absolute Gasteiger partial charge is 0.342 e. The number of benzene rings is 2. The summed E-state index contributed by atoms with van der Waals surface area (Å²) in [5, 5.41) is 10.1. The number of nitrogens with zero attached hydrogens (tertiary/aromatic N) is 2. The van der Waals surface area contributed by atoms with E-state index in [-0.39, 0.29) is 28.7 Å². The number of para-hydroxylation sites is 1. The number of amides is 1. The molecule has 33 heavy (non-hydrogen) atoms. The summed E-state index contributed by atoms with van der Waals surface area (Å²) in [4.78, 5) is 29.6. The van der Waals surface area contributed by atoms with Crippen molar-refractivity contribution in [3.05, 3.63) is 92.5 Å². The molecule has 0 unspecified atom stereocenters. The summed E-state index contributed by atoms with van der Waals surface area (Å²) < 4.78 is 10.7. The highest BCUT2D eigenvalue weighted by Crippen LogP contribution is 2.58. The van der Waals surface area contributed by atoms with Gasteiger partial charge in [0.1, 0.15) is 17.2 Å². The van der Waals surface area contributed by atoms with E-state index in [1.165, 1.54) is 18.4 Å². The Hall–Kier alpha value is -4.09. The van der Waals surface area contributed by atoms with Crippen LogP contribution < -0.4 is 15.4 Å². The SMILES string of the molecule is COC(=O)c1c(C)sc2c1OC(N)=C(C#N)[C@@]21C(=O)N(Cc2ccccc2)c2ccccc21. The molecule has 3 aromatic rings. The summed E-state index contributed by atoms with van der Waals surface area (Å²) in [6, 6.07) is 19.1. The Kier molecular flexibility index (Phi) is 4.73. The fourth-order valence-electron chi connectivity index (χ4n) is 4.64. The highest BCUT2D eigenvalue weighted by Gasteiger charge is 2.60. The van der Waals surface area contributed by atoms with Crippen molar-refractivity contribution in [3.8, 4) is 11.8 Å². The van der Waals surface area contributed by atoms with Gasteiger partial charge in [-0.2, -0.15) is 5.26 Å². The van der Waals surface area contributed by atoms with Crippen molar-refractivity contribution in [2.45, 2.75) is 18.9 Å². The fraction of sp³-hybridized carbons (Fsp3) is 0.160. The first-order valence-electron chi connectivity index (χ1n) is 10.2. The number of nitrogens with two attached hydrogens (primary N) is 1. The average Bonchev–Trinajstić information content (AvgIpc) is 3.27.